The molecule has 7 heterocycles. The van der Waals surface area contributed by atoms with E-state index >= 15 is 13.2 Å². The molecule has 0 spiro atoms. The molecule has 1 atom stereocenters. The van der Waals surface area contributed by atoms with Crippen molar-refractivity contribution >= 4 is 72.8 Å². The molecule has 16 nitrogen and oxygen atoms in total. The lowest BCUT2D eigenvalue weighted by atomic mass is 9.84. The Kier molecular flexibility index (Phi) is 14.2. The number of aryl methyl sites for hydroxylation is 1. The number of nitrogens with zero attached hydrogens (tertiary/aromatic N) is 8. The second-order valence-electron chi connectivity index (χ2n) is 20.2. The Labute approximate surface area is 440 Å². The Bertz CT molecular complexity index is 3330. The summed E-state index contributed by atoms with van der Waals surface area (Å²) in [5, 5.41) is 21.9. The first-order valence-corrected chi connectivity index (χ1v) is 26.8. The maximum absolute atomic E-state index is 15.2. The van der Waals surface area contributed by atoms with E-state index in [1.165, 1.54) is 41.7 Å². The van der Waals surface area contributed by atoms with Gasteiger partial charge in [-0.15, -0.1) is 0 Å². The highest BCUT2D eigenvalue weighted by Gasteiger charge is 2.40. The van der Waals surface area contributed by atoms with Crippen molar-refractivity contribution in [3.05, 3.63) is 119 Å². The number of unbranched alkanes of at least 4 members (excludes halogenated alkanes) is 1. The summed E-state index contributed by atoms with van der Waals surface area (Å²) in [5.41, 5.74) is 3.19. The van der Waals surface area contributed by atoms with Crippen molar-refractivity contribution in [1.29, 1.82) is 0 Å². The quantitative estimate of drug-likeness (QED) is 0.0691. The third-order valence-corrected chi connectivity index (χ3v) is 16.4. The number of pyridine rings is 2. The predicted molar refractivity (Wildman–Crippen MR) is 283 cm³/mol. The van der Waals surface area contributed by atoms with E-state index in [0.717, 1.165) is 97.2 Å². The first kappa shape index (κ1) is 50.7. The second kappa shape index (κ2) is 21.3. The van der Waals surface area contributed by atoms with E-state index in [9.17, 15) is 24.3 Å². The van der Waals surface area contributed by atoms with Crippen molar-refractivity contribution in [2.75, 3.05) is 54.4 Å². The summed E-state index contributed by atoms with van der Waals surface area (Å²) >= 11 is 1.34. The number of amides is 3. The summed E-state index contributed by atoms with van der Waals surface area (Å²) in [6, 6.07) is 22.4. The van der Waals surface area contributed by atoms with E-state index in [1.54, 1.807) is 11.1 Å². The van der Waals surface area contributed by atoms with Crippen molar-refractivity contribution < 1.29 is 42.2 Å². The summed E-state index contributed by atoms with van der Waals surface area (Å²) in [7, 11) is 1.90. The smallest absolute Gasteiger partial charge is 0.420 e. The topological polar surface area (TPSA) is 188 Å². The lowest BCUT2D eigenvalue weighted by Gasteiger charge is -2.36. The number of carboxylic acid groups (broad SMARTS) is 1. The van der Waals surface area contributed by atoms with Crippen LogP contribution in [0.3, 0.4) is 0 Å². The number of alkyl halides is 3. The van der Waals surface area contributed by atoms with Gasteiger partial charge >= 0.3 is 12.1 Å². The Morgan fingerprint density at radius 1 is 0.842 bits per heavy atom. The van der Waals surface area contributed by atoms with Crippen LogP contribution < -0.4 is 25.2 Å². The van der Waals surface area contributed by atoms with Gasteiger partial charge in [0, 0.05) is 81.0 Å². The van der Waals surface area contributed by atoms with E-state index in [4.69, 9.17) is 9.84 Å². The summed E-state index contributed by atoms with van der Waals surface area (Å²) < 4.78 is 54.5. The number of aromatic nitrogens is 5. The van der Waals surface area contributed by atoms with E-state index in [2.05, 4.69) is 41.5 Å². The highest BCUT2D eigenvalue weighted by Crippen LogP contribution is 2.45. The number of thiazole rings is 1. The minimum atomic E-state index is -4.87. The first-order chi connectivity index (χ1) is 36.7. The van der Waals surface area contributed by atoms with Gasteiger partial charge in [-0.05, 0) is 105 Å². The predicted octanol–water partition coefficient (Wildman–Crippen LogP) is 9.62. The van der Waals surface area contributed by atoms with Crippen LogP contribution in [0.5, 0.6) is 5.75 Å². The molecule has 4 aromatic heterocycles. The number of carbonyl (C=O) groups excluding carboxylic acids is 3. The van der Waals surface area contributed by atoms with Crippen molar-refractivity contribution in [1.82, 2.24) is 34.9 Å². The molecule has 4 aliphatic rings. The van der Waals surface area contributed by atoms with Gasteiger partial charge in [-0.1, -0.05) is 60.6 Å². The monoisotopic (exact) mass is 1050 g/mol. The van der Waals surface area contributed by atoms with Crippen LogP contribution in [0.4, 0.5) is 29.8 Å². The number of para-hydroxylation sites is 2. The summed E-state index contributed by atoms with van der Waals surface area (Å²) in [5.74, 6) is -2.56. The summed E-state index contributed by atoms with van der Waals surface area (Å²) in [4.78, 5) is 71.0. The van der Waals surface area contributed by atoms with Crippen LogP contribution in [0, 0.1) is 5.92 Å². The van der Waals surface area contributed by atoms with Crippen molar-refractivity contribution in [3.63, 3.8) is 0 Å². The Balaban J connectivity index is 0.686. The zero-order valence-electron chi connectivity index (χ0n) is 41.9. The molecule has 0 radical (unpaired) electrons. The number of rotatable bonds is 14. The molecule has 1 unspecified atom stereocenters. The Morgan fingerprint density at radius 3 is 2.42 bits per heavy atom. The normalized spacial score (nSPS) is 19.4. The number of imide groups is 1. The highest BCUT2D eigenvalue weighted by molar-refractivity contribution is 7.22. The average molecular weight is 1060 g/mol. The minimum absolute atomic E-state index is 0.168. The molecule has 20 heteroatoms. The fourth-order valence-corrected chi connectivity index (χ4v) is 12.5. The molecule has 3 amide bonds. The van der Waals surface area contributed by atoms with Crippen LogP contribution in [0.1, 0.15) is 107 Å². The molecule has 76 heavy (non-hydrogen) atoms. The number of halogens is 3. The first-order valence-electron chi connectivity index (χ1n) is 26.0. The van der Waals surface area contributed by atoms with Gasteiger partial charge in [0.2, 0.25) is 11.8 Å². The number of nitrogens with one attached hydrogen (secondary N) is 2. The van der Waals surface area contributed by atoms with Gasteiger partial charge in [0.05, 0.1) is 39.1 Å². The minimum Gasteiger partial charge on any atom is -0.490 e. The zero-order chi connectivity index (χ0) is 52.7. The van der Waals surface area contributed by atoms with Crippen LogP contribution in [0.2, 0.25) is 0 Å². The van der Waals surface area contributed by atoms with E-state index in [0.29, 0.717) is 61.0 Å². The summed E-state index contributed by atoms with van der Waals surface area (Å²) in [6.07, 6.45) is 3.59. The molecular weight excluding hydrogens is 998 g/mol. The van der Waals surface area contributed by atoms with Gasteiger partial charge in [0.25, 0.3) is 5.91 Å². The zero-order valence-corrected chi connectivity index (χ0v) is 42.8. The molecule has 2 saturated heterocycles. The van der Waals surface area contributed by atoms with Crippen LogP contribution in [0.25, 0.3) is 32.2 Å². The van der Waals surface area contributed by atoms with Gasteiger partial charge in [-0.25, -0.2) is 14.8 Å². The lowest BCUT2D eigenvalue weighted by Crippen LogP contribution is -2.46. The largest absolute Gasteiger partial charge is 0.490 e. The number of carboxylic acids is 1. The SMILES string of the molecule is Cn1nc(C2CCC(=O)NC2=O)c2cccc(N3CCN(CCCCC4CCC(Oc5cccc(-c6ccc(N7CCc8ccnc(C(=O)Nc9nc%10ccccc%10s9)c8C7)nc6C(=O)O)c5C(F)(F)F)CC4)CC3)c21. The van der Waals surface area contributed by atoms with Crippen molar-refractivity contribution in [3.8, 4) is 16.9 Å². The van der Waals surface area contributed by atoms with Crippen LogP contribution in [-0.2, 0) is 35.8 Å². The number of hydrogen-bond donors (Lipinski definition) is 3. The fourth-order valence-electron chi connectivity index (χ4n) is 11.6. The molecule has 11 rings (SSSR count). The number of carbonyl (C=O) groups is 4. The number of hydrogen-bond acceptors (Lipinski definition) is 13. The van der Waals surface area contributed by atoms with E-state index < -0.39 is 41.3 Å². The van der Waals surface area contributed by atoms with Crippen molar-refractivity contribution in [2.45, 2.75) is 89.0 Å². The highest BCUT2D eigenvalue weighted by atomic mass is 32.1. The maximum atomic E-state index is 15.2. The molecule has 3 aromatic carbocycles. The third-order valence-electron chi connectivity index (χ3n) is 15.5. The fraction of sp³-hybridized carbons (Fsp3) is 0.393. The van der Waals surface area contributed by atoms with Crippen LogP contribution in [0.15, 0.2) is 85.1 Å². The molecule has 1 saturated carbocycles. The molecule has 3 fully saturated rings. The van der Waals surface area contributed by atoms with Crippen LogP contribution in [-0.4, -0.2) is 104 Å². The van der Waals surface area contributed by atoms with Gasteiger partial charge in [0.1, 0.15) is 22.8 Å². The van der Waals surface area contributed by atoms with Gasteiger partial charge in [-0.2, -0.15) is 18.3 Å². The molecular formula is C56H57F3N10O6S. The van der Waals surface area contributed by atoms with Gasteiger partial charge in [0.15, 0.2) is 10.8 Å². The number of benzene rings is 3. The number of ether oxygens (including phenoxy) is 1. The second-order valence-corrected chi connectivity index (χ2v) is 21.3. The number of aromatic carboxylic acids is 1. The van der Waals surface area contributed by atoms with E-state index in [1.807, 2.05) is 54.2 Å². The summed E-state index contributed by atoms with van der Waals surface area (Å²) in [6.45, 7) is 5.12. The number of fused-ring (bicyclic) bond motifs is 3. The number of anilines is 3. The average Bonchev–Trinajstić information content (AvgIpc) is 4.04. The van der Waals surface area contributed by atoms with E-state index in [-0.39, 0.29) is 46.7 Å². The van der Waals surface area contributed by atoms with Crippen LogP contribution >= 0.6 is 11.3 Å². The lowest BCUT2D eigenvalue weighted by molar-refractivity contribution is -0.139. The Morgan fingerprint density at radius 2 is 1.64 bits per heavy atom. The number of piperidine rings is 1. The van der Waals surface area contributed by atoms with Gasteiger partial charge in [-0.3, -0.25) is 39.6 Å². The molecule has 1 aliphatic carbocycles. The van der Waals surface area contributed by atoms with Crippen molar-refractivity contribution in [2.24, 2.45) is 13.0 Å². The molecule has 0 bridgehead atoms. The standard InChI is InChI=1S/C56H57F3N10O6S/c1-66-51-38(48(65-66)39-20-22-46(70)63-52(39)71)10-6-12-42(51)68-30-28-67(29-31-68)26-5-4-8-33-15-17-35(18-16-33)75-43-13-7-9-36(47(43)56(57,58)59)37-19-21-45(62-50(37)54(73)74)69-27-24-34-23-25-60-49(40(34)32-69)53(72)64-55-61-41-11-2-3-14-44(41)76-55/h2-3,6-7,9-14,19,21,23,25,33,35,39H,4-5,8,15-18,20,22,24,26-32H2,1H3,(H,73,74)(H,61,64,72)(H,63,70,71). The molecule has 7 aromatic rings. The number of piperazine rings is 1. The third kappa shape index (κ3) is 10.4. The van der Waals surface area contributed by atoms with Gasteiger partial charge < -0.3 is 19.6 Å². The molecule has 3 N–H and O–H groups in total. The maximum Gasteiger partial charge on any atom is 0.420 e. The molecule has 394 valence electrons. The molecule has 3 aliphatic heterocycles. The Hall–Kier alpha value is -7.45.